The number of carbonyl (C=O) groups is 2. The van der Waals surface area contributed by atoms with Crippen LogP contribution in [0.15, 0.2) is 12.1 Å². The van der Waals surface area contributed by atoms with Crippen molar-refractivity contribution in [3.8, 4) is 0 Å². The minimum absolute atomic E-state index is 0.234. The molecule has 1 amide bonds. The smallest absolute Gasteiger partial charge is 0.334 e. The second kappa shape index (κ2) is 6.02. The molecular formula is C10H8F2N2O6. The van der Waals surface area contributed by atoms with Crippen molar-refractivity contribution >= 4 is 17.6 Å². The van der Waals surface area contributed by atoms with E-state index in [1.165, 1.54) is 0 Å². The maximum absolute atomic E-state index is 13.0. The molecule has 0 saturated carbocycles. The molecule has 1 atom stereocenters. The molecule has 1 aromatic carbocycles. The third-order valence-electron chi connectivity index (χ3n) is 2.22. The molecule has 10 heteroatoms. The number of aliphatic hydroxyl groups excluding tert-OH is 1. The molecule has 0 aromatic heterocycles. The molecule has 0 aliphatic heterocycles. The van der Waals surface area contributed by atoms with Crippen LogP contribution in [-0.2, 0) is 4.79 Å². The van der Waals surface area contributed by atoms with Crippen LogP contribution in [0.5, 0.6) is 0 Å². The van der Waals surface area contributed by atoms with E-state index in [1.54, 1.807) is 0 Å². The van der Waals surface area contributed by atoms with Crippen molar-refractivity contribution in [2.24, 2.45) is 0 Å². The van der Waals surface area contributed by atoms with Crippen LogP contribution < -0.4 is 5.32 Å². The molecule has 20 heavy (non-hydrogen) atoms. The summed E-state index contributed by atoms with van der Waals surface area (Å²) in [5.41, 5.74) is -1.77. The number of halogens is 2. The summed E-state index contributed by atoms with van der Waals surface area (Å²) in [6, 6.07) is 0.549. The highest BCUT2D eigenvalue weighted by atomic mass is 19.2. The predicted octanol–water partition coefficient (Wildman–Crippen LogP) is 0.0483. The first-order valence-electron chi connectivity index (χ1n) is 5.06. The fourth-order valence-corrected chi connectivity index (χ4v) is 1.24. The van der Waals surface area contributed by atoms with Crippen molar-refractivity contribution in [3.05, 3.63) is 39.4 Å². The van der Waals surface area contributed by atoms with E-state index in [-0.39, 0.29) is 6.07 Å². The van der Waals surface area contributed by atoms with Gasteiger partial charge in [0.15, 0.2) is 17.7 Å². The number of nitro benzene ring substituents is 1. The molecule has 0 bridgehead atoms. The van der Waals surface area contributed by atoms with Gasteiger partial charge in [-0.05, 0) is 6.07 Å². The average Bonchev–Trinajstić information content (AvgIpc) is 2.37. The highest BCUT2D eigenvalue weighted by Crippen LogP contribution is 2.22. The molecule has 8 nitrogen and oxygen atoms in total. The number of rotatable bonds is 5. The van der Waals surface area contributed by atoms with Gasteiger partial charge in [0.25, 0.3) is 11.6 Å². The lowest BCUT2D eigenvalue weighted by Gasteiger charge is -2.08. The number of amides is 1. The molecule has 0 heterocycles. The van der Waals surface area contributed by atoms with Gasteiger partial charge in [0.1, 0.15) is 5.56 Å². The Kier molecular flexibility index (Phi) is 4.64. The summed E-state index contributed by atoms with van der Waals surface area (Å²) in [6.45, 7) is -0.746. The van der Waals surface area contributed by atoms with E-state index in [1.807, 2.05) is 5.32 Å². The van der Waals surface area contributed by atoms with E-state index in [4.69, 9.17) is 10.2 Å². The summed E-state index contributed by atoms with van der Waals surface area (Å²) in [5, 5.41) is 29.8. The zero-order valence-electron chi connectivity index (χ0n) is 9.67. The van der Waals surface area contributed by atoms with Crippen LogP contribution in [0.4, 0.5) is 14.5 Å². The molecule has 0 unspecified atom stereocenters. The largest absolute Gasteiger partial charge is 0.479 e. The Labute approximate surface area is 109 Å². The van der Waals surface area contributed by atoms with Gasteiger partial charge in [-0.15, -0.1) is 0 Å². The van der Waals surface area contributed by atoms with Crippen LogP contribution in [0.1, 0.15) is 10.4 Å². The van der Waals surface area contributed by atoms with E-state index in [0.29, 0.717) is 6.07 Å². The van der Waals surface area contributed by atoms with Crippen LogP contribution >= 0.6 is 0 Å². The van der Waals surface area contributed by atoms with Crippen LogP contribution in [0, 0.1) is 21.7 Å². The van der Waals surface area contributed by atoms with Gasteiger partial charge in [-0.1, -0.05) is 0 Å². The lowest BCUT2D eigenvalue weighted by atomic mass is 10.1. The molecular weight excluding hydrogens is 282 g/mol. The Hall–Kier alpha value is -2.62. The van der Waals surface area contributed by atoms with Gasteiger partial charge in [0.2, 0.25) is 0 Å². The quantitative estimate of drug-likeness (QED) is 0.519. The summed E-state index contributed by atoms with van der Waals surface area (Å²) >= 11 is 0. The Morgan fingerprint density at radius 3 is 2.40 bits per heavy atom. The van der Waals surface area contributed by atoms with Crippen LogP contribution in [0.2, 0.25) is 0 Å². The van der Waals surface area contributed by atoms with Crippen molar-refractivity contribution < 1.29 is 33.5 Å². The Morgan fingerprint density at radius 2 is 1.90 bits per heavy atom. The molecule has 1 rings (SSSR count). The van der Waals surface area contributed by atoms with Crippen molar-refractivity contribution in [3.63, 3.8) is 0 Å². The molecule has 0 aliphatic rings. The predicted molar refractivity (Wildman–Crippen MR) is 59.0 cm³/mol. The lowest BCUT2D eigenvalue weighted by molar-refractivity contribution is -0.385. The Bertz CT molecular complexity index is 577. The van der Waals surface area contributed by atoms with Gasteiger partial charge < -0.3 is 15.5 Å². The zero-order chi connectivity index (χ0) is 15.4. The van der Waals surface area contributed by atoms with Gasteiger partial charge in [0, 0.05) is 0 Å². The molecule has 0 spiro atoms. The van der Waals surface area contributed by atoms with E-state index < -0.39 is 52.3 Å². The number of nitrogens with zero attached hydrogens (tertiary/aromatic N) is 1. The minimum atomic E-state index is -1.93. The lowest BCUT2D eigenvalue weighted by Crippen LogP contribution is -2.36. The number of carboxylic acids is 1. The third-order valence-corrected chi connectivity index (χ3v) is 2.22. The summed E-state index contributed by atoms with van der Waals surface area (Å²) in [6.07, 6.45) is -1.93. The fourth-order valence-electron chi connectivity index (χ4n) is 1.24. The van der Waals surface area contributed by atoms with Crippen molar-refractivity contribution in [2.75, 3.05) is 6.54 Å². The topological polar surface area (TPSA) is 130 Å². The van der Waals surface area contributed by atoms with Gasteiger partial charge in [0.05, 0.1) is 17.5 Å². The maximum atomic E-state index is 13.0. The number of hydrogen-bond acceptors (Lipinski definition) is 5. The first kappa shape index (κ1) is 15.4. The summed E-state index contributed by atoms with van der Waals surface area (Å²) in [5.74, 6) is -5.81. The summed E-state index contributed by atoms with van der Waals surface area (Å²) in [7, 11) is 0. The van der Waals surface area contributed by atoms with E-state index in [9.17, 15) is 28.5 Å². The van der Waals surface area contributed by atoms with E-state index >= 15 is 0 Å². The Balaban J connectivity index is 3.00. The normalized spacial score (nSPS) is 11.8. The number of benzene rings is 1. The second-order valence-electron chi connectivity index (χ2n) is 3.60. The standard InChI is InChI=1S/C10H8F2N2O6/c11-5-1-4(7(14(19)20)2-6(5)12)9(16)13-3-8(15)10(17)18/h1-2,8,15H,3H2,(H,13,16)(H,17,18)/t8-/m0/s1. The second-order valence-corrected chi connectivity index (χ2v) is 3.60. The van der Waals surface area contributed by atoms with Crippen molar-refractivity contribution in [1.82, 2.24) is 5.32 Å². The van der Waals surface area contributed by atoms with Gasteiger partial charge >= 0.3 is 5.97 Å². The van der Waals surface area contributed by atoms with Gasteiger partial charge in [-0.3, -0.25) is 14.9 Å². The van der Waals surface area contributed by atoms with Crippen LogP contribution in [0.25, 0.3) is 0 Å². The first-order valence-corrected chi connectivity index (χ1v) is 5.06. The van der Waals surface area contributed by atoms with Crippen LogP contribution in [0.3, 0.4) is 0 Å². The fraction of sp³-hybridized carbons (Fsp3) is 0.200. The van der Waals surface area contributed by atoms with Crippen LogP contribution in [-0.4, -0.2) is 39.7 Å². The number of aliphatic carboxylic acids is 1. The molecule has 0 aliphatic carbocycles. The number of nitro groups is 1. The van der Waals surface area contributed by atoms with Crippen molar-refractivity contribution in [2.45, 2.75) is 6.10 Å². The van der Waals surface area contributed by atoms with E-state index in [2.05, 4.69) is 0 Å². The van der Waals surface area contributed by atoms with Gasteiger partial charge in [-0.25, -0.2) is 13.6 Å². The molecule has 1 aromatic rings. The van der Waals surface area contributed by atoms with Gasteiger partial charge in [-0.2, -0.15) is 0 Å². The SMILES string of the molecule is O=C(NC[C@H](O)C(=O)O)c1cc(F)c(F)cc1[N+](=O)[O-]. The number of nitrogens with one attached hydrogen (secondary N) is 1. The maximum Gasteiger partial charge on any atom is 0.334 e. The Morgan fingerprint density at radius 1 is 1.35 bits per heavy atom. The first-order chi connectivity index (χ1) is 9.23. The molecule has 0 radical (unpaired) electrons. The number of carbonyl (C=O) groups excluding carboxylic acids is 1. The summed E-state index contributed by atoms with van der Waals surface area (Å²) in [4.78, 5) is 31.4. The number of aliphatic hydroxyl groups is 1. The molecule has 0 saturated heterocycles. The highest BCUT2D eigenvalue weighted by molar-refractivity contribution is 5.98. The summed E-state index contributed by atoms with van der Waals surface area (Å²) < 4.78 is 25.9. The minimum Gasteiger partial charge on any atom is -0.479 e. The monoisotopic (exact) mass is 290 g/mol. The molecule has 108 valence electrons. The molecule has 3 N–H and O–H groups in total. The molecule has 0 fully saturated rings. The zero-order valence-corrected chi connectivity index (χ0v) is 9.67. The van der Waals surface area contributed by atoms with Crippen molar-refractivity contribution in [1.29, 1.82) is 0 Å². The van der Waals surface area contributed by atoms with E-state index in [0.717, 1.165) is 0 Å². The average molecular weight is 290 g/mol. The third kappa shape index (κ3) is 3.45. The number of hydrogen-bond donors (Lipinski definition) is 3. The number of carboxylic acid groups (broad SMARTS) is 1. The highest BCUT2D eigenvalue weighted by Gasteiger charge is 2.24.